The van der Waals surface area contributed by atoms with E-state index in [0.29, 0.717) is 17.7 Å². The second kappa shape index (κ2) is 6.30. The third-order valence-corrected chi connectivity index (χ3v) is 5.07. The number of ether oxygens (including phenoxy) is 1. The van der Waals surface area contributed by atoms with Gasteiger partial charge in [0.15, 0.2) is 0 Å². The molecule has 0 fully saturated rings. The summed E-state index contributed by atoms with van der Waals surface area (Å²) in [7, 11) is -2.11. The number of aromatic amines is 1. The van der Waals surface area contributed by atoms with Gasteiger partial charge in [0.2, 0.25) is 10.0 Å². The summed E-state index contributed by atoms with van der Waals surface area (Å²) < 4.78 is 31.9. The summed E-state index contributed by atoms with van der Waals surface area (Å²) >= 11 is 0. The Morgan fingerprint density at radius 1 is 1.48 bits per heavy atom. The Kier molecular flexibility index (Phi) is 4.66. The lowest BCUT2D eigenvalue weighted by Gasteiger charge is -2.19. The van der Waals surface area contributed by atoms with Gasteiger partial charge in [-0.2, -0.15) is 4.31 Å². The van der Waals surface area contributed by atoms with E-state index in [9.17, 15) is 8.42 Å². The second-order valence-electron chi connectivity index (χ2n) is 4.60. The van der Waals surface area contributed by atoms with Crippen molar-refractivity contribution < 1.29 is 13.2 Å². The minimum absolute atomic E-state index is 0.211. The van der Waals surface area contributed by atoms with Gasteiger partial charge in [-0.1, -0.05) is 6.08 Å². The molecule has 0 bridgehead atoms. The predicted molar refractivity (Wildman–Crippen MR) is 83.5 cm³/mol. The number of sulfonamides is 1. The third-order valence-electron chi connectivity index (χ3n) is 3.16. The highest BCUT2D eigenvalue weighted by molar-refractivity contribution is 7.89. The molecule has 0 aliphatic rings. The van der Waals surface area contributed by atoms with Crippen LogP contribution in [0.1, 0.15) is 0 Å². The van der Waals surface area contributed by atoms with E-state index in [2.05, 4.69) is 11.6 Å². The van der Waals surface area contributed by atoms with Gasteiger partial charge < -0.3 is 15.5 Å². The summed E-state index contributed by atoms with van der Waals surface area (Å²) in [5, 5.41) is 0.585. The van der Waals surface area contributed by atoms with Crippen molar-refractivity contribution in [2.75, 3.05) is 32.5 Å². The van der Waals surface area contributed by atoms with Gasteiger partial charge in [-0.25, -0.2) is 8.42 Å². The molecule has 0 unspecified atom stereocenters. The van der Waals surface area contributed by atoms with Crippen LogP contribution in [-0.2, 0) is 14.8 Å². The number of methoxy groups -OCH3 is 1. The van der Waals surface area contributed by atoms with Crippen LogP contribution in [0.4, 0.5) is 5.69 Å². The van der Waals surface area contributed by atoms with E-state index in [1.807, 2.05) is 0 Å². The van der Waals surface area contributed by atoms with E-state index in [1.54, 1.807) is 24.3 Å². The number of nitrogens with two attached hydrogens (primary N) is 1. The first kappa shape index (κ1) is 15.6. The van der Waals surface area contributed by atoms with Crippen molar-refractivity contribution in [2.24, 2.45) is 0 Å². The zero-order chi connectivity index (χ0) is 15.5. The van der Waals surface area contributed by atoms with Gasteiger partial charge in [0.05, 0.1) is 6.61 Å². The summed E-state index contributed by atoms with van der Waals surface area (Å²) in [5.41, 5.74) is 7.00. The average molecular weight is 309 g/mol. The van der Waals surface area contributed by atoms with E-state index in [0.717, 1.165) is 5.52 Å². The number of anilines is 1. The lowest BCUT2D eigenvalue weighted by Crippen LogP contribution is -2.34. The van der Waals surface area contributed by atoms with Crippen LogP contribution < -0.4 is 5.73 Å². The molecule has 0 spiro atoms. The molecule has 0 radical (unpaired) electrons. The molecule has 114 valence electrons. The molecule has 1 aromatic heterocycles. The Morgan fingerprint density at radius 2 is 2.24 bits per heavy atom. The summed E-state index contributed by atoms with van der Waals surface area (Å²) in [6.07, 6.45) is 3.04. The Labute approximate surface area is 124 Å². The summed E-state index contributed by atoms with van der Waals surface area (Å²) in [6, 6.07) is 5.14. The number of rotatable bonds is 7. The highest BCUT2D eigenvalue weighted by atomic mass is 32.2. The van der Waals surface area contributed by atoms with Crippen LogP contribution in [0.2, 0.25) is 0 Å². The normalized spacial score (nSPS) is 12.1. The maximum Gasteiger partial charge on any atom is 0.245 e. The van der Waals surface area contributed by atoms with Crippen molar-refractivity contribution in [3.8, 4) is 0 Å². The van der Waals surface area contributed by atoms with Crippen molar-refractivity contribution in [3.05, 3.63) is 37.1 Å². The van der Waals surface area contributed by atoms with Crippen LogP contribution >= 0.6 is 0 Å². The maximum absolute atomic E-state index is 12.8. The molecule has 1 aromatic carbocycles. The van der Waals surface area contributed by atoms with Crippen LogP contribution in [0.25, 0.3) is 10.9 Å². The number of hydrogen-bond donors (Lipinski definition) is 2. The highest BCUT2D eigenvalue weighted by Crippen LogP contribution is 2.27. The van der Waals surface area contributed by atoms with Crippen molar-refractivity contribution in [1.29, 1.82) is 0 Å². The number of nitrogens with zero attached hydrogens (tertiary/aromatic N) is 1. The molecule has 0 atom stereocenters. The monoisotopic (exact) mass is 309 g/mol. The van der Waals surface area contributed by atoms with Crippen LogP contribution in [0.3, 0.4) is 0 Å². The smallest absolute Gasteiger partial charge is 0.245 e. The van der Waals surface area contributed by atoms with Crippen LogP contribution in [0.15, 0.2) is 41.9 Å². The number of benzene rings is 1. The number of H-pyrrole nitrogens is 1. The third kappa shape index (κ3) is 3.10. The number of fused-ring (bicyclic) bond motifs is 1. The van der Waals surface area contributed by atoms with Crippen LogP contribution in [0, 0.1) is 0 Å². The van der Waals surface area contributed by atoms with Gasteiger partial charge >= 0.3 is 0 Å². The lowest BCUT2D eigenvalue weighted by molar-refractivity contribution is 0.182. The zero-order valence-electron chi connectivity index (χ0n) is 11.9. The zero-order valence-corrected chi connectivity index (χ0v) is 12.7. The second-order valence-corrected chi connectivity index (χ2v) is 6.51. The molecular weight excluding hydrogens is 290 g/mol. The molecule has 0 amide bonds. The molecule has 3 N–H and O–H groups in total. The van der Waals surface area contributed by atoms with Crippen LogP contribution in [0.5, 0.6) is 0 Å². The first-order valence-electron chi connectivity index (χ1n) is 6.47. The summed E-state index contributed by atoms with van der Waals surface area (Å²) in [5.74, 6) is 0. The van der Waals surface area contributed by atoms with Crippen molar-refractivity contribution >= 4 is 26.6 Å². The fourth-order valence-corrected chi connectivity index (χ4v) is 3.66. The molecule has 7 heteroatoms. The van der Waals surface area contributed by atoms with Crippen molar-refractivity contribution in [3.63, 3.8) is 0 Å². The Morgan fingerprint density at radius 3 is 2.90 bits per heavy atom. The fraction of sp³-hybridized carbons (Fsp3) is 0.286. The summed E-state index contributed by atoms with van der Waals surface area (Å²) in [4.78, 5) is 3.17. The number of hydrogen-bond acceptors (Lipinski definition) is 4. The molecule has 21 heavy (non-hydrogen) atoms. The molecule has 0 saturated heterocycles. The fourth-order valence-electron chi connectivity index (χ4n) is 2.11. The molecular formula is C14H19N3O3S. The minimum Gasteiger partial charge on any atom is -0.399 e. The average Bonchev–Trinajstić information content (AvgIpc) is 2.86. The van der Waals surface area contributed by atoms with E-state index >= 15 is 0 Å². The predicted octanol–water partition coefficient (Wildman–Crippen LogP) is 1.57. The Hall–Kier alpha value is -1.83. The van der Waals surface area contributed by atoms with E-state index in [4.69, 9.17) is 10.5 Å². The minimum atomic E-state index is -3.64. The van der Waals surface area contributed by atoms with E-state index in [-0.39, 0.29) is 18.0 Å². The molecule has 1 heterocycles. The Bertz CT molecular complexity index is 737. The topological polar surface area (TPSA) is 88.4 Å². The number of aromatic nitrogens is 1. The molecule has 2 aromatic rings. The number of nitrogen functional groups attached to an aromatic ring is 1. The van der Waals surface area contributed by atoms with Gasteiger partial charge in [-0.15, -0.1) is 6.58 Å². The molecule has 6 nitrogen and oxygen atoms in total. The first-order chi connectivity index (χ1) is 10.0. The van der Waals surface area contributed by atoms with Gasteiger partial charge in [0.25, 0.3) is 0 Å². The van der Waals surface area contributed by atoms with Gasteiger partial charge in [-0.3, -0.25) is 0 Å². The molecule has 0 aliphatic heterocycles. The largest absolute Gasteiger partial charge is 0.399 e. The first-order valence-corrected chi connectivity index (χ1v) is 7.91. The van der Waals surface area contributed by atoms with Crippen molar-refractivity contribution in [1.82, 2.24) is 9.29 Å². The van der Waals surface area contributed by atoms with Gasteiger partial charge in [0, 0.05) is 43.0 Å². The SMILES string of the molecule is C=CCN(CCOC)S(=O)(=O)c1c[nH]c2ccc(N)cc12. The molecule has 2 rings (SSSR count). The lowest BCUT2D eigenvalue weighted by atomic mass is 10.2. The van der Waals surface area contributed by atoms with E-state index in [1.165, 1.54) is 17.6 Å². The quantitative estimate of drug-likeness (QED) is 0.600. The Balaban J connectivity index is 2.48. The van der Waals surface area contributed by atoms with Crippen LogP contribution in [-0.4, -0.2) is 44.5 Å². The molecule has 0 aliphatic carbocycles. The highest BCUT2D eigenvalue weighted by Gasteiger charge is 2.26. The maximum atomic E-state index is 12.8. The summed E-state index contributed by atoms with van der Waals surface area (Å²) in [6.45, 7) is 4.41. The van der Waals surface area contributed by atoms with Crippen molar-refractivity contribution in [2.45, 2.75) is 4.90 Å². The number of nitrogens with one attached hydrogen (secondary N) is 1. The standard InChI is InChI=1S/C14H19N3O3S/c1-3-6-17(7-8-20-2)21(18,19)14-10-16-13-5-4-11(15)9-12(13)14/h3-5,9-10,16H,1,6-8,15H2,2H3. The van der Waals surface area contributed by atoms with Gasteiger partial charge in [0.1, 0.15) is 4.90 Å². The van der Waals surface area contributed by atoms with E-state index < -0.39 is 10.0 Å². The molecule has 0 saturated carbocycles. The van der Waals surface area contributed by atoms with Gasteiger partial charge in [-0.05, 0) is 18.2 Å².